The lowest BCUT2D eigenvalue weighted by atomic mass is 9.79. The van der Waals surface area contributed by atoms with Crippen LogP contribution in [0.2, 0.25) is 0 Å². The highest BCUT2D eigenvalue weighted by molar-refractivity contribution is 9.10. The first-order chi connectivity index (χ1) is 18.0. The Morgan fingerprint density at radius 3 is 1.50 bits per heavy atom. The summed E-state index contributed by atoms with van der Waals surface area (Å²) in [5, 5.41) is 4.47. The van der Waals surface area contributed by atoms with Gasteiger partial charge in [0.1, 0.15) is 0 Å². The number of rotatable bonds is 3. The van der Waals surface area contributed by atoms with Crippen LogP contribution in [0.5, 0.6) is 0 Å². The molecule has 5 aromatic rings. The Kier molecular flexibility index (Phi) is 6.63. The minimum Gasteiger partial charge on any atom is -0.361 e. The third kappa shape index (κ3) is 4.30. The molecule has 5 rings (SSSR count). The molecule has 0 unspecified atom stereocenters. The van der Waals surface area contributed by atoms with Crippen molar-refractivity contribution in [1.29, 1.82) is 0 Å². The van der Waals surface area contributed by atoms with Gasteiger partial charge in [0.05, 0.1) is 11.1 Å². The van der Waals surface area contributed by atoms with Crippen molar-refractivity contribution in [3.63, 3.8) is 0 Å². The Hall–Kier alpha value is -3.52. The first kappa shape index (κ1) is 26.1. The van der Waals surface area contributed by atoms with E-state index in [0.29, 0.717) is 5.71 Å². The topological polar surface area (TPSA) is 36.4 Å². The number of nitrogens with zero attached hydrogens (tertiary/aromatic N) is 2. The van der Waals surface area contributed by atoms with Gasteiger partial charge in [0.15, 0.2) is 0 Å². The summed E-state index contributed by atoms with van der Waals surface area (Å²) in [5.41, 5.74) is 21.6. The molecule has 38 heavy (non-hydrogen) atoms. The van der Waals surface area contributed by atoms with Gasteiger partial charge in [-0.1, -0.05) is 97.4 Å². The van der Waals surface area contributed by atoms with Gasteiger partial charge in [0, 0.05) is 4.47 Å². The smallest absolute Gasteiger partial charge is 0.331 e. The molecule has 0 saturated heterocycles. The number of hydrogen-bond donors (Lipinski definition) is 0. The van der Waals surface area contributed by atoms with Crippen molar-refractivity contribution in [2.45, 2.75) is 53.9 Å². The molecule has 0 aliphatic carbocycles. The molecule has 2 nitrogen and oxygen atoms in total. The van der Waals surface area contributed by atoms with E-state index >= 15 is 0 Å². The molecular weight excluding hydrogens is 528 g/mol. The van der Waals surface area contributed by atoms with E-state index in [4.69, 9.17) is 0 Å². The second-order valence-corrected chi connectivity index (χ2v) is 12.4. The van der Waals surface area contributed by atoms with E-state index in [1.807, 2.05) is 0 Å². The van der Waals surface area contributed by atoms with Crippen LogP contribution in [0.25, 0.3) is 38.2 Å². The highest BCUT2D eigenvalue weighted by Gasteiger charge is 2.28. The summed E-state index contributed by atoms with van der Waals surface area (Å²) in [6.45, 7) is 15.4. The number of hydrogen-bond acceptors (Lipinski definition) is 0. The van der Waals surface area contributed by atoms with E-state index in [9.17, 15) is 5.53 Å². The van der Waals surface area contributed by atoms with Crippen molar-refractivity contribution in [3.05, 3.63) is 122 Å². The maximum Gasteiger partial charge on any atom is 0.331 e. The molecule has 0 spiro atoms. The normalized spacial score (nSPS) is 11.7. The van der Waals surface area contributed by atoms with E-state index in [2.05, 4.69) is 142 Å². The van der Waals surface area contributed by atoms with E-state index in [1.54, 1.807) is 0 Å². The van der Waals surface area contributed by atoms with Crippen LogP contribution in [0.15, 0.2) is 77.3 Å². The largest absolute Gasteiger partial charge is 0.361 e. The molecule has 0 aliphatic rings. The van der Waals surface area contributed by atoms with Gasteiger partial charge in [-0.15, -0.1) is 0 Å². The van der Waals surface area contributed by atoms with Gasteiger partial charge in [-0.3, -0.25) is 0 Å². The number of benzene rings is 5. The maximum atomic E-state index is 10.5. The Labute approximate surface area is 234 Å². The molecule has 0 bridgehead atoms. The van der Waals surface area contributed by atoms with Gasteiger partial charge in [-0.2, -0.15) is 4.79 Å². The van der Waals surface area contributed by atoms with Crippen LogP contribution in [0.3, 0.4) is 0 Å². The molecule has 0 radical (unpaired) electrons. The molecule has 0 fully saturated rings. The summed E-state index contributed by atoms with van der Waals surface area (Å²) in [6.07, 6.45) is 0. The second kappa shape index (κ2) is 9.66. The summed E-state index contributed by atoms with van der Waals surface area (Å²) in [5.74, 6) is 0. The summed E-state index contributed by atoms with van der Waals surface area (Å²) in [6, 6.07) is 25.9. The number of fused-ring (bicyclic) bond motifs is 2. The van der Waals surface area contributed by atoms with Gasteiger partial charge in [-0.05, 0) is 106 Å². The summed E-state index contributed by atoms with van der Waals surface area (Å²) in [7, 11) is 0. The van der Waals surface area contributed by atoms with Crippen molar-refractivity contribution < 1.29 is 4.79 Å². The second-order valence-electron chi connectivity index (χ2n) is 11.4. The van der Waals surface area contributed by atoms with Crippen molar-refractivity contribution >= 4 is 43.2 Å². The van der Waals surface area contributed by atoms with Crippen LogP contribution >= 0.6 is 15.9 Å². The van der Waals surface area contributed by atoms with Crippen molar-refractivity contribution in [2.75, 3.05) is 0 Å². The quantitative estimate of drug-likeness (QED) is 0.0910. The van der Waals surface area contributed by atoms with Gasteiger partial charge >= 0.3 is 5.71 Å². The van der Waals surface area contributed by atoms with Gasteiger partial charge in [0.2, 0.25) is 0 Å². The van der Waals surface area contributed by atoms with Crippen molar-refractivity contribution in [3.8, 4) is 11.1 Å². The van der Waals surface area contributed by atoms with E-state index in [0.717, 1.165) is 48.3 Å². The predicted molar refractivity (Wildman–Crippen MR) is 166 cm³/mol. The molecule has 0 N–H and O–H groups in total. The lowest BCUT2D eigenvalue weighted by molar-refractivity contribution is -0.00264. The fourth-order valence-corrected chi connectivity index (χ4v) is 6.64. The highest BCUT2D eigenvalue weighted by Crippen LogP contribution is 2.43. The zero-order valence-electron chi connectivity index (χ0n) is 23.2. The summed E-state index contributed by atoms with van der Waals surface area (Å²) in [4.78, 5) is 3.96. The third-order valence-electron chi connectivity index (χ3n) is 7.65. The lowest BCUT2D eigenvalue weighted by Gasteiger charge is -2.24. The van der Waals surface area contributed by atoms with Crippen LogP contribution in [0.4, 0.5) is 0 Å². The average molecular weight is 562 g/mol. The molecular formula is C35H33BrN2. The Bertz CT molecular complexity index is 1690. The molecule has 0 heterocycles. The Morgan fingerprint density at radius 2 is 1.08 bits per heavy atom. The fourth-order valence-electron chi connectivity index (χ4n) is 5.95. The minimum absolute atomic E-state index is 0.0783. The zero-order valence-corrected chi connectivity index (χ0v) is 24.8. The van der Waals surface area contributed by atoms with E-state index < -0.39 is 0 Å². The molecule has 0 aromatic heterocycles. The fraction of sp³-hybridized carbons (Fsp3) is 0.229. The summed E-state index contributed by atoms with van der Waals surface area (Å²) >= 11 is 3.62. The first-order valence-electron chi connectivity index (χ1n) is 13.1. The van der Waals surface area contributed by atoms with Crippen LogP contribution in [-0.2, 0) is 5.41 Å². The van der Waals surface area contributed by atoms with Crippen molar-refractivity contribution in [1.82, 2.24) is 0 Å². The molecule has 190 valence electrons. The predicted octanol–water partition coefficient (Wildman–Crippen LogP) is 10.0. The van der Waals surface area contributed by atoms with E-state index in [-0.39, 0.29) is 5.41 Å². The Balaban J connectivity index is 1.94. The molecule has 0 amide bonds. The standard InChI is InChI=1S/C35H33BrN2/c1-20-16-24(35(5,6)7)17-21(2)30(20)32-26-12-8-10-14-28(26)33(29-15-11-9-13-27(29)32)34(38-37)31-22(3)18-25(36)19-23(31)4/h8-19H,1-7H3. The number of aryl methyl sites for hydroxylation is 4. The van der Waals surface area contributed by atoms with Crippen LogP contribution in [-0.4, -0.2) is 10.5 Å². The van der Waals surface area contributed by atoms with Gasteiger partial charge < -0.3 is 5.53 Å². The molecule has 0 aliphatic heterocycles. The van der Waals surface area contributed by atoms with Gasteiger partial charge in [0.25, 0.3) is 0 Å². The summed E-state index contributed by atoms with van der Waals surface area (Å²) < 4.78 is 1.02. The van der Waals surface area contributed by atoms with Crippen molar-refractivity contribution in [2.24, 2.45) is 0 Å². The zero-order chi connectivity index (χ0) is 27.4. The molecule has 5 aromatic carbocycles. The third-order valence-corrected chi connectivity index (χ3v) is 8.11. The van der Waals surface area contributed by atoms with Crippen LogP contribution < -0.4 is 0 Å². The highest BCUT2D eigenvalue weighted by atomic mass is 79.9. The molecule has 0 saturated carbocycles. The lowest BCUT2D eigenvalue weighted by Crippen LogP contribution is -2.12. The maximum absolute atomic E-state index is 10.5. The van der Waals surface area contributed by atoms with Crippen LogP contribution in [0, 0.1) is 27.7 Å². The average Bonchev–Trinajstić information content (AvgIpc) is 2.85. The number of halogens is 1. The molecule has 0 atom stereocenters. The molecule has 3 heteroatoms. The Morgan fingerprint density at radius 1 is 0.632 bits per heavy atom. The van der Waals surface area contributed by atoms with Gasteiger partial charge in [-0.25, -0.2) is 0 Å². The van der Waals surface area contributed by atoms with E-state index in [1.165, 1.54) is 27.8 Å². The monoisotopic (exact) mass is 560 g/mol. The minimum atomic E-state index is 0.0783. The first-order valence-corrected chi connectivity index (χ1v) is 13.9. The SMILES string of the molecule is Cc1cc(Br)cc(C)c1C(=[N+]=[N-])c1c2ccccc2c(-c2c(C)cc(C(C)(C)C)cc2C)c2ccccc12. The van der Waals surface area contributed by atoms with Crippen LogP contribution in [0.1, 0.15) is 59.7 Å².